The third kappa shape index (κ3) is 3.77. The fraction of sp³-hybridized carbons (Fsp3) is 0.200. The molecule has 0 saturated carbocycles. The molecule has 6 nitrogen and oxygen atoms in total. The van der Waals surface area contributed by atoms with Gasteiger partial charge in [0.25, 0.3) is 0 Å². The molecule has 2 aromatic heterocycles. The Hall–Kier alpha value is -2.19. The Bertz CT molecular complexity index is 827. The molecule has 0 spiro atoms. The number of para-hydroxylation sites is 1. The standard InChI is InChI=1S/C15H15N5OS2/c1-10-5-3-4-6-12(10)20-9-16-19-15(20)23-8-13(21)18-14-17-11(2)7-22-14/h3-7,9H,8H2,1-2H3,(H,17,18,21). The lowest BCUT2D eigenvalue weighted by Gasteiger charge is -2.08. The van der Waals surface area contributed by atoms with Gasteiger partial charge in [0, 0.05) is 5.38 Å². The van der Waals surface area contributed by atoms with Crippen molar-refractivity contribution in [3.63, 3.8) is 0 Å². The number of hydrogen-bond donors (Lipinski definition) is 1. The van der Waals surface area contributed by atoms with E-state index in [0.717, 1.165) is 16.9 Å². The first-order valence-electron chi connectivity index (χ1n) is 6.94. The molecule has 0 bridgehead atoms. The summed E-state index contributed by atoms with van der Waals surface area (Å²) in [6, 6.07) is 7.98. The average molecular weight is 345 g/mol. The van der Waals surface area contributed by atoms with Crippen LogP contribution in [0.2, 0.25) is 0 Å². The zero-order valence-electron chi connectivity index (χ0n) is 12.7. The summed E-state index contributed by atoms with van der Waals surface area (Å²) in [5, 5.41) is 14.0. The molecule has 3 rings (SSSR count). The third-order valence-electron chi connectivity index (χ3n) is 3.09. The number of rotatable bonds is 5. The molecule has 0 radical (unpaired) electrons. The van der Waals surface area contributed by atoms with Gasteiger partial charge in [0.05, 0.1) is 17.1 Å². The van der Waals surface area contributed by atoms with E-state index in [0.29, 0.717) is 10.3 Å². The Labute approximate surface area is 142 Å². The summed E-state index contributed by atoms with van der Waals surface area (Å²) in [4.78, 5) is 16.2. The van der Waals surface area contributed by atoms with Crippen molar-refractivity contribution in [1.29, 1.82) is 0 Å². The molecule has 23 heavy (non-hydrogen) atoms. The minimum absolute atomic E-state index is 0.108. The summed E-state index contributed by atoms with van der Waals surface area (Å²) in [6.45, 7) is 3.92. The van der Waals surface area contributed by atoms with Crippen molar-refractivity contribution in [2.45, 2.75) is 19.0 Å². The number of nitrogens with zero attached hydrogens (tertiary/aromatic N) is 4. The number of hydrogen-bond acceptors (Lipinski definition) is 6. The SMILES string of the molecule is Cc1csc(NC(=O)CSc2nncn2-c2ccccc2C)n1. The molecule has 0 unspecified atom stereocenters. The molecular weight excluding hydrogens is 330 g/mol. The lowest BCUT2D eigenvalue weighted by Crippen LogP contribution is -2.14. The molecule has 1 amide bonds. The van der Waals surface area contributed by atoms with E-state index in [4.69, 9.17) is 0 Å². The number of thioether (sulfide) groups is 1. The van der Waals surface area contributed by atoms with Crippen LogP contribution in [-0.4, -0.2) is 31.4 Å². The Morgan fingerprint density at radius 3 is 2.91 bits per heavy atom. The Morgan fingerprint density at radius 1 is 1.35 bits per heavy atom. The Balaban J connectivity index is 1.66. The van der Waals surface area contributed by atoms with Crippen molar-refractivity contribution < 1.29 is 4.79 Å². The topological polar surface area (TPSA) is 72.7 Å². The maximum Gasteiger partial charge on any atom is 0.236 e. The van der Waals surface area contributed by atoms with Crippen LogP contribution in [0.15, 0.2) is 41.1 Å². The van der Waals surface area contributed by atoms with Gasteiger partial charge in [-0.15, -0.1) is 21.5 Å². The molecule has 8 heteroatoms. The molecule has 0 fully saturated rings. The molecular formula is C15H15N5OS2. The van der Waals surface area contributed by atoms with Crippen molar-refractivity contribution >= 4 is 34.1 Å². The van der Waals surface area contributed by atoms with Crippen LogP contribution in [0, 0.1) is 13.8 Å². The molecule has 0 aliphatic heterocycles. The van der Waals surface area contributed by atoms with E-state index in [-0.39, 0.29) is 11.7 Å². The number of benzene rings is 1. The van der Waals surface area contributed by atoms with E-state index in [2.05, 4.69) is 20.5 Å². The number of amides is 1. The summed E-state index contributed by atoms with van der Waals surface area (Å²) in [7, 11) is 0. The maximum atomic E-state index is 12.0. The second-order valence-corrected chi connectivity index (χ2v) is 6.70. The van der Waals surface area contributed by atoms with Crippen molar-refractivity contribution in [3.8, 4) is 5.69 Å². The molecule has 1 N–H and O–H groups in total. The average Bonchev–Trinajstić information content (AvgIpc) is 3.15. The minimum atomic E-state index is -0.108. The van der Waals surface area contributed by atoms with Crippen LogP contribution in [0.5, 0.6) is 0 Å². The number of carbonyl (C=O) groups excluding carboxylic acids is 1. The maximum absolute atomic E-state index is 12.0. The Morgan fingerprint density at radius 2 is 2.17 bits per heavy atom. The van der Waals surface area contributed by atoms with E-state index >= 15 is 0 Å². The molecule has 0 aliphatic carbocycles. The fourth-order valence-corrected chi connectivity index (χ4v) is 3.44. The zero-order chi connectivity index (χ0) is 16.2. The van der Waals surface area contributed by atoms with Gasteiger partial charge < -0.3 is 5.32 Å². The highest BCUT2D eigenvalue weighted by Crippen LogP contribution is 2.22. The van der Waals surface area contributed by atoms with Gasteiger partial charge >= 0.3 is 0 Å². The summed E-state index contributed by atoms with van der Waals surface area (Å²) < 4.78 is 1.89. The second-order valence-electron chi connectivity index (χ2n) is 4.90. The first-order chi connectivity index (χ1) is 11.1. The van der Waals surface area contributed by atoms with Gasteiger partial charge in [-0.05, 0) is 25.5 Å². The summed E-state index contributed by atoms with van der Waals surface area (Å²) >= 11 is 2.76. The quantitative estimate of drug-likeness (QED) is 0.720. The second kappa shape index (κ2) is 6.93. The van der Waals surface area contributed by atoms with Gasteiger partial charge in [-0.25, -0.2) is 4.98 Å². The Kier molecular flexibility index (Phi) is 4.73. The molecule has 3 aromatic rings. The fourth-order valence-electron chi connectivity index (χ4n) is 2.02. The zero-order valence-corrected chi connectivity index (χ0v) is 14.3. The number of nitrogens with one attached hydrogen (secondary N) is 1. The van der Waals surface area contributed by atoms with Gasteiger partial charge in [0.2, 0.25) is 5.91 Å². The first kappa shape index (κ1) is 15.7. The largest absolute Gasteiger partial charge is 0.301 e. The monoisotopic (exact) mass is 345 g/mol. The molecule has 118 valence electrons. The van der Waals surface area contributed by atoms with Crippen LogP contribution >= 0.6 is 23.1 Å². The first-order valence-corrected chi connectivity index (χ1v) is 8.81. The highest BCUT2D eigenvalue weighted by atomic mass is 32.2. The lowest BCUT2D eigenvalue weighted by atomic mass is 10.2. The third-order valence-corrected chi connectivity index (χ3v) is 4.91. The highest BCUT2D eigenvalue weighted by molar-refractivity contribution is 7.99. The molecule has 2 heterocycles. The number of carbonyl (C=O) groups is 1. The van der Waals surface area contributed by atoms with Crippen LogP contribution in [0.3, 0.4) is 0 Å². The van der Waals surface area contributed by atoms with Crippen LogP contribution in [0.25, 0.3) is 5.69 Å². The summed E-state index contributed by atoms with van der Waals surface area (Å²) in [5.74, 6) is 0.145. The lowest BCUT2D eigenvalue weighted by molar-refractivity contribution is -0.113. The normalized spacial score (nSPS) is 10.7. The minimum Gasteiger partial charge on any atom is -0.301 e. The predicted octanol–water partition coefficient (Wildman–Crippen LogP) is 3.07. The van der Waals surface area contributed by atoms with Crippen LogP contribution in [0.1, 0.15) is 11.3 Å². The summed E-state index contributed by atoms with van der Waals surface area (Å²) in [6.07, 6.45) is 1.66. The van der Waals surface area contributed by atoms with Crippen molar-refractivity contribution in [2.24, 2.45) is 0 Å². The van der Waals surface area contributed by atoms with Crippen LogP contribution in [-0.2, 0) is 4.79 Å². The van der Waals surface area contributed by atoms with E-state index in [9.17, 15) is 4.79 Å². The van der Waals surface area contributed by atoms with E-state index in [1.165, 1.54) is 23.1 Å². The molecule has 1 aromatic carbocycles. The van der Waals surface area contributed by atoms with Crippen LogP contribution in [0.4, 0.5) is 5.13 Å². The number of aryl methyl sites for hydroxylation is 2. The van der Waals surface area contributed by atoms with Crippen molar-refractivity contribution in [3.05, 3.63) is 47.2 Å². The number of thiazole rings is 1. The summed E-state index contributed by atoms with van der Waals surface area (Å²) in [5.41, 5.74) is 3.03. The van der Waals surface area contributed by atoms with E-state index < -0.39 is 0 Å². The number of anilines is 1. The van der Waals surface area contributed by atoms with Crippen molar-refractivity contribution in [2.75, 3.05) is 11.1 Å². The molecule has 0 atom stereocenters. The smallest absolute Gasteiger partial charge is 0.236 e. The van der Waals surface area contributed by atoms with E-state index in [1.54, 1.807) is 6.33 Å². The number of aromatic nitrogens is 4. The molecule has 0 saturated heterocycles. The van der Waals surface area contributed by atoms with Gasteiger partial charge in [-0.1, -0.05) is 30.0 Å². The predicted molar refractivity (Wildman–Crippen MR) is 92.3 cm³/mol. The van der Waals surface area contributed by atoms with Gasteiger partial charge in [-0.2, -0.15) is 0 Å². The van der Waals surface area contributed by atoms with Crippen LogP contribution < -0.4 is 5.32 Å². The van der Waals surface area contributed by atoms with Crippen molar-refractivity contribution in [1.82, 2.24) is 19.7 Å². The highest BCUT2D eigenvalue weighted by Gasteiger charge is 2.12. The molecule has 0 aliphatic rings. The van der Waals surface area contributed by atoms with Gasteiger partial charge in [-0.3, -0.25) is 9.36 Å². The van der Waals surface area contributed by atoms with Gasteiger partial charge in [0.15, 0.2) is 10.3 Å². The van der Waals surface area contributed by atoms with Gasteiger partial charge in [0.1, 0.15) is 6.33 Å². The van der Waals surface area contributed by atoms with E-state index in [1.807, 2.05) is 48.1 Å².